The maximum atomic E-state index is 9.75. The highest BCUT2D eigenvalue weighted by atomic mass is 16.3. The molecule has 0 fully saturated rings. The van der Waals surface area contributed by atoms with Crippen LogP contribution in [-0.2, 0) is 5.41 Å². The van der Waals surface area contributed by atoms with Gasteiger partial charge in [-0.2, -0.15) is 0 Å². The monoisotopic (exact) mass is 298 g/mol. The summed E-state index contributed by atoms with van der Waals surface area (Å²) in [4.78, 5) is 0. The highest BCUT2D eigenvalue weighted by Gasteiger charge is 2.36. The molecule has 3 rings (SSSR count). The van der Waals surface area contributed by atoms with Crippen LogP contribution in [0.1, 0.15) is 63.1 Å². The molecule has 0 radical (unpaired) electrons. The summed E-state index contributed by atoms with van der Waals surface area (Å²) in [5.41, 5.74) is 3.70. The van der Waals surface area contributed by atoms with Crippen LogP contribution in [0.3, 0.4) is 0 Å². The number of fused-ring (bicyclic) bond motifs is 1. The summed E-state index contributed by atoms with van der Waals surface area (Å²) in [6.45, 7) is 8.47. The number of benzene rings is 2. The van der Waals surface area contributed by atoms with Crippen LogP contribution in [0.2, 0.25) is 0 Å². The van der Waals surface area contributed by atoms with Gasteiger partial charge in [-0.15, -0.1) is 0 Å². The smallest absolute Gasteiger partial charge is 0.115 e. The second-order valence-electron chi connectivity index (χ2n) is 6.09. The zero-order chi connectivity index (χ0) is 16.3. The molecule has 0 aromatic heterocycles. The molecule has 2 nitrogen and oxygen atoms in total. The van der Waals surface area contributed by atoms with Gasteiger partial charge in [0.15, 0.2) is 0 Å². The van der Waals surface area contributed by atoms with E-state index in [0.29, 0.717) is 17.4 Å². The molecule has 118 valence electrons. The van der Waals surface area contributed by atoms with E-state index in [9.17, 15) is 10.2 Å². The maximum absolute atomic E-state index is 9.75. The van der Waals surface area contributed by atoms with Gasteiger partial charge in [-0.3, -0.25) is 0 Å². The van der Waals surface area contributed by atoms with Crippen LogP contribution < -0.4 is 0 Å². The molecule has 0 amide bonds. The first-order valence-corrected chi connectivity index (χ1v) is 8.13. The molecular formula is C20H26O2. The molecule has 1 aliphatic rings. The van der Waals surface area contributed by atoms with Crippen molar-refractivity contribution in [2.45, 2.75) is 51.9 Å². The molecule has 22 heavy (non-hydrogen) atoms. The molecule has 2 N–H and O–H groups in total. The lowest BCUT2D eigenvalue weighted by molar-refractivity contribution is 0.422. The summed E-state index contributed by atoms with van der Waals surface area (Å²) in [5, 5.41) is 19.2. The van der Waals surface area contributed by atoms with Gasteiger partial charge in [-0.1, -0.05) is 45.9 Å². The molecule has 0 bridgehead atoms. The fraction of sp³-hybridized carbons (Fsp3) is 0.400. The number of aromatic hydroxyl groups is 2. The SMILES string of the molecule is CC.CC1CCC(C)(c2ccc(O)cc2)c2ccc(O)cc21. The number of phenolic OH excluding ortho intramolecular Hbond substituents is 2. The Bertz CT molecular complexity index is 631. The van der Waals surface area contributed by atoms with Gasteiger partial charge < -0.3 is 10.2 Å². The van der Waals surface area contributed by atoms with Crippen LogP contribution >= 0.6 is 0 Å². The first kappa shape index (κ1) is 16.4. The summed E-state index contributed by atoms with van der Waals surface area (Å²) in [6.07, 6.45) is 2.19. The lowest BCUT2D eigenvalue weighted by Gasteiger charge is -2.39. The van der Waals surface area contributed by atoms with Crippen LogP contribution in [-0.4, -0.2) is 10.2 Å². The minimum Gasteiger partial charge on any atom is -0.508 e. The molecule has 2 aromatic carbocycles. The van der Waals surface area contributed by atoms with Gasteiger partial charge in [0.25, 0.3) is 0 Å². The Balaban J connectivity index is 0.000000847. The number of phenols is 2. The van der Waals surface area contributed by atoms with E-state index in [4.69, 9.17) is 0 Å². The van der Waals surface area contributed by atoms with Gasteiger partial charge in [0.05, 0.1) is 0 Å². The lowest BCUT2D eigenvalue weighted by atomic mass is 9.65. The molecule has 0 spiro atoms. The van der Waals surface area contributed by atoms with Crippen molar-refractivity contribution in [3.8, 4) is 11.5 Å². The van der Waals surface area contributed by atoms with Crippen molar-refractivity contribution in [3.63, 3.8) is 0 Å². The Morgan fingerprint density at radius 3 is 2.18 bits per heavy atom. The van der Waals surface area contributed by atoms with Crippen LogP contribution in [0.5, 0.6) is 11.5 Å². The maximum Gasteiger partial charge on any atom is 0.115 e. The highest BCUT2D eigenvalue weighted by Crippen LogP contribution is 2.47. The molecule has 2 heteroatoms. The van der Waals surface area contributed by atoms with Crippen molar-refractivity contribution < 1.29 is 10.2 Å². The normalized spacial score (nSPS) is 23.2. The largest absolute Gasteiger partial charge is 0.508 e. The molecule has 2 aromatic rings. The minimum absolute atomic E-state index is 0.0523. The predicted molar refractivity (Wildman–Crippen MR) is 91.7 cm³/mol. The zero-order valence-electron chi connectivity index (χ0n) is 13.9. The Kier molecular flexibility index (Phi) is 4.80. The van der Waals surface area contributed by atoms with Gasteiger partial charge in [-0.05, 0) is 59.7 Å². The predicted octanol–water partition coefficient (Wildman–Crippen LogP) is 5.33. The Hall–Kier alpha value is -1.96. The molecule has 0 saturated carbocycles. The molecule has 0 aliphatic heterocycles. The summed E-state index contributed by atoms with van der Waals surface area (Å²) < 4.78 is 0. The Morgan fingerprint density at radius 1 is 0.955 bits per heavy atom. The molecule has 2 atom stereocenters. The summed E-state index contributed by atoms with van der Waals surface area (Å²) in [5.74, 6) is 1.11. The third kappa shape index (κ3) is 2.83. The van der Waals surface area contributed by atoms with Gasteiger partial charge in [0.2, 0.25) is 0 Å². The fourth-order valence-corrected chi connectivity index (χ4v) is 3.38. The van der Waals surface area contributed by atoms with Gasteiger partial charge >= 0.3 is 0 Å². The van der Waals surface area contributed by atoms with Crippen molar-refractivity contribution in [2.24, 2.45) is 0 Å². The van der Waals surface area contributed by atoms with E-state index in [1.165, 1.54) is 16.7 Å². The van der Waals surface area contributed by atoms with Crippen LogP contribution in [0, 0.1) is 0 Å². The van der Waals surface area contributed by atoms with Crippen LogP contribution in [0.15, 0.2) is 42.5 Å². The molecule has 0 heterocycles. The molecule has 1 aliphatic carbocycles. The molecular weight excluding hydrogens is 272 g/mol. The number of hydrogen-bond acceptors (Lipinski definition) is 2. The minimum atomic E-state index is -0.0523. The summed E-state index contributed by atoms with van der Waals surface area (Å²) in [6, 6.07) is 13.2. The van der Waals surface area contributed by atoms with Crippen molar-refractivity contribution in [1.29, 1.82) is 0 Å². The Labute approximate surface area is 133 Å². The second-order valence-corrected chi connectivity index (χ2v) is 6.09. The van der Waals surface area contributed by atoms with Crippen LogP contribution in [0.4, 0.5) is 0 Å². The van der Waals surface area contributed by atoms with E-state index in [1.54, 1.807) is 18.2 Å². The van der Waals surface area contributed by atoms with Crippen LogP contribution in [0.25, 0.3) is 0 Å². The first-order chi connectivity index (χ1) is 10.5. The lowest BCUT2D eigenvalue weighted by Crippen LogP contribution is -2.30. The molecule has 2 unspecified atom stereocenters. The van der Waals surface area contributed by atoms with E-state index < -0.39 is 0 Å². The average Bonchev–Trinajstić information content (AvgIpc) is 2.54. The van der Waals surface area contributed by atoms with Gasteiger partial charge in [0, 0.05) is 5.41 Å². The second kappa shape index (κ2) is 6.43. The Morgan fingerprint density at radius 2 is 1.55 bits per heavy atom. The number of hydrogen-bond donors (Lipinski definition) is 2. The zero-order valence-corrected chi connectivity index (χ0v) is 13.9. The van der Waals surface area contributed by atoms with Crippen molar-refractivity contribution in [1.82, 2.24) is 0 Å². The van der Waals surface area contributed by atoms with E-state index >= 15 is 0 Å². The fourth-order valence-electron chi connectivity index (χ4n) is 3.38. The number of rotatable bonds is 1. The first-order valence-electron chi connectivity index (χ1n) is 8.13. The summed E-state index contributed by atoms with van der Waals surface area (Å²) >= 11 is 0. The standard InChI is InChI=1S/C18H20O2.C2H6/c1-12-9-10-18(2,13-3-5-14(19)6-4-13)17-8-7-15(20)11-16(12)17;1-2/h3-8,11-12,19-20H,9-10H2,1-2H3;1-2H3. The van der Waals surface area contributed by atoms with Crippen molar-refractivity contribution >= 4 is 0 Å². The quantitative estimate of drug-likeness (QED) is 0.747. The third-order valence-corrected chi connectivity index (χ3v) is 4.74. The van der Waals surface area contributed by atoms with E-state index in [2.05, 4.69) is 13.8 Å². The topological polar surface area (TPSA) is 40.5 Å². The van der Waals surface area contributed by atoms with E-state index in [1.807, 2.05) is 38.1 Å². The third-order valence-electron chi connectivity index (χ3n) is 4.74. The molecule has 0 saturated heterocycles. The van der Waals surface area contributed by atoms with E-state index in [0.717, 1.165) is 12.8 Å². The highest BCUT2D eigenvalue weighted by molar-refractivity contribution is 5.49. The summed E-state index contributed by atoms with van der Waals surface area (Å²) in [7, 11) is 0. The van der Waals surface area contributed by atoms with E-state index in [-0.39, 0.29) is 5.41 Å². The van der Waals surface area contributed by atoms with Crippen molar-refractivity contribution in [3.05, 3.63) is 59.2 Å². The van der Waals surface area contributed by atoms with Crippen molar-refractivity contribution in [2.75, 3.05) is 0 Å². The average molecular weight is 298 g/mol. The van der Waals surface area contributed by atoms with Gasteiger partial charge in [0.1, 0.15) is 11.5 Å². The van der Waals surface area contributed by atoms with Gasteiger partial charge in [-0.25, -0.2) is 0 Å².